The van der Waals surface area contributed by atoms with Crippen LogP contribution in [0.25, 0.3) is 5.82 Å². The molecule has 3 aromatic rings. The number of rotatable bonds is 7. The quantitative estimate of drug-likeness (QED) is 0.655. The van der Waals surface area contributed by atoms with Crippen molar-refractivity contribution >= 4 is 5.91 Å². The normalized spacial score (nSPS) is 17.0. The van der Waals surface area contributed by atoms with Crippen molar-refractivity contribution in [3.05, 3.63) is 77.7 Å². The zero-order valence-corrected chi connectivity index (χ0v) is 17.5. The lowest BCUT2D eigenvalue weighted by Crippen LogP contribution is -2.46. The van der Waals surface area contributed by atoms with E-state index in [1.165, 1.54) is 18.4 Å². The molecule has 1 aliphatic rings. The first-order valence-corrected chi connectivity index (χ1v) is 10.8. The van der Waals surface area contributed by atoms with Crippen LogP contribution in [-0.4, -0.2) is 44.7 Å². The van der Waals surface area contributed by atoms with E-state index in [0.717, 1.165) is 31.0 Å². The van der Waals surface area contributed by atoms with E-state index in [-0.39, 0.29) is 5.91 Å². The number of nitrogens with zero attached hydrogens (tertiary/aromatic N) is 4. The molecule has 1 aliphatic heterocycles. The van der Waals surface area contributed by atoms with Gasteiger partial charge in [0.2, 0.25) is 0 Å². The van der Waals surface area contributed by atoms with Crippen LogP contribution in [0.3, 0.4) is 0 Å². The van der Waals surface area contributed by atoms with Crippen LogP contribution in [0.2, 0.25) is 0 Å². The minimum absolute atomic E-state index is 0.0562. The number of aromatic nitrogens is 3. The van der Waals surface area contributed by atoms with Gasteiger partial charge in [0.05, 0.1) is 17.5 Å². The third kappa shape index (κ3) is 4.60. The Hall–Kier alpha value is -2.99. The fraction of sp³-hybridized carbons (Fsp3) is 0.375. The van der Waals surface area contributed by atoms with Crippen molar-refractivity contribution in [2.45, 2.75) is 45.2 Å². The Bertz CT molecular complexity index is 954. The Morgan fingerprint density at radius 3 is 2.73 bits per heavy atom. The molecule has 6 heteroatoms. The SMILES string of the molecule is CCc1c(C(=O)NCC2CCCCN2Cc2ccccc2)cnn1-c1ccccn1. The minimum Gasteiger partial charge on any atom is -0.350 e. The Morgan fingerprint density at radius 1 is 1.13 bits per heavy atom. The van der Waals surface area contributed by atoms with Crippen LogP contribution in [0, 0.1) is 0 Å². The summed E-state index contributed by atoms with van der Waals surface area (Å²) in [5.41, 5.74) is 2.84. The number of nitrogens with one attached hydrogen (secondary N) is 1. The van der Waals surface area contributed by atoms with E-state index in [4.69, 9.17) is 0 Å². The number of hydrogen-bond donors (Lipinski definition) is 1. The fourth-order valence-corrected chi connectivity index (χ4v) is 4.20. The third-order valence-electron chi connectivity index (χ3n) is 5.79. The smallest absolute Gasteiger partial charge is 0.254 e. The molecule has 6 nitrogen and oxygen atoms in total. The molecular weight excluding hydrogens is 374 g/mol. The van der Waals surface area contributed by atoms with Gasteiger partial charge in [-0.15, -0.1) is 0 Å². The summed E-state index contributed by atoms with van der Waals surface area (Å²) in [5.74, 6) is 0.675. The Kier molecular flexibility index (Phi) is 6.54. The number of piperidine rings is 1. The lowest BCUT2D eigenvalue weighted by Gasteiger charge is -2.35. The molecule has 0 radical (unpaired) electrons. The van der Waals surface area contributed by atoms with Gasteiger partial charge in [-0.25, -0.2) is 9.67 Å². The lowest BCUT2D eigenvalue weighted by atomic mass is 10.0. The highest BCUT2D eigenvalue weighted by atomic mass is 16.1. The average molecular weight is 404 g/mol. The highest BCUT2D eigenvalue weighted by molar-refractivity contribution is 5.95. The van der Waals surface area contributed by atoms with Crippen LogP contribution in [0.5, 0.6) is 0 Å². The van der Waals surface area contributed by atoms with E-state index in [2.05, 4.69) is 44.6 Å². The van der Waals surface area contributed by atoms with Crippen molar-refractivity contribution in [3.63, 3.8) is 0 Å². The van der Waals surface area contributed by atoms with E-state index >= 15 is 0 Å². The molecule has 30 heavy (non-hydrogen) atoms. The maximum atomic E-state index is 13.0. The first-order chi connectivity index (χ1) is 14.8. The van der Waals surface area contributed by atoms with Crippen molar-refractivity contribution in [3.8, 4) is 5.82 Å². The summed E-state index contributed by atoms with van der Waals surface area (Å²) in [5, 5.41) is 7.60. The van der Waals surface area contributed by atoms with Gasteiger partial charge < -0.3 is 5.32 Å². The first kappa shape index (κ1) is 20.3. The number of carbonyl (C=O) groups excluding carboxylic acids is 1. The van der Waals surface area contributed by atoms with Crippen LogP contribution in [-0.2, 0) is 13.0 Å². The van der Waals surface area contributed by atoms with Crippen molar-refractivity contribution in [1.29, 1.82) is 0 Å². The Balaban J connectivity index is 1.43. The molecule has 1 aromatic carbocycles. The van der Waals surface area contributed by atoms with Crippen LogP contribution < -0.4 is 5.32 Å². The van der Waals surface area contributed by atoms with Gasteiger partial charge in [0.1, 0.15) is 0 Å². The second-order valence-electron chi connectivity index (χ2n) is 7.77. The molecule has 0 spiro atoms. The van der Waals surface area contributed by atoms with Crippen LogP contribution >= 0.6 is 0 Å². The summed E-state index contributed by atoms with van der Waals surface area (Å²) in [4.78, 5) is 19.8. The summed E-state index contributed by atoms with van der Waals surface area (Å²) in [6, 6.07) is 16.6. The van der Waals surface area contributed by atoms with Gasteiger partial charge in [0, 0.05) is 25.3 Å². The van der Waals surface area contributed by atoms with Crippen molar-refractivity contribution < 1.29 is 4.79 Å². The zero-order chi connectivity index (χ0) is 20.8. The average Bonchev–Trinajstić information content (AvgIpc) is 3.24. The van der Waals surface area contributed by atoms with E-state index < -0.39 is 0 Å². The minimum atomic E-state index is -0.0562. The van der Waals surface area contributed by atoms with Gasteiger partial charge in [-0.05, 0) is 43.5 Å². The number of carbonyl (C=O) groups is 1. The molecule has 4 rings (SSSR count). The maximum absolute atomic E-state index is 13.0. The summed E-state index contributed by atoms with van der Waals surface area (Å²) in [6.45, 7) is 4.70. The predicted molar refractivity (Wildman–Crippen MR) is 118 cm³/mol. The number of hydrogen-bond acceptors (Lipinski definition) is 4. The summed E-state index contributed by atoms with van der Waals surface area (Å²) in [6.07, 6.45) is 7.65. The van der Waals surface area contributed by atoms with Crippen molar-refractivity contribution in [2.75, 3.05) is 13.1 Å². The van der Waals surface area contributed by atoms with E-state index in [9.17, 15) is 4.79 Å². The molecule has 0 saturated carbocycles. The van der Waals surface area contributed by atoms with Crippen molar-refractivity contribution in [1.82, 2.24) is 25.0 Å². The molecule has 1 unspecified atom stereocenters. The van der Waals surface area contributed by atoms with Gasteiger partial charge in [-0.3, -0.25) is 9.69 Å². The van der Waals surface area contributed by atoms with Gasteiger partial charge in [0.15, 0.2) is 5.82 Å². The summed E-state index contributed by atoms with van der Waals surface area (Å²) >= 11 is 0. The molecule has 0 bridgehead atoms. The van der Waals surface area contributed by atoms with E-state index in [0.29, 0.717) is 24.6 Å². The number of pyridine rings is 1. The Labute approximate surface area is 177 Å². The summed E-state index contributed by atoms with van der Waals surface area (Å²) in [7, 11) is 0. The van der Waals surface area contributed by atoms with Gasteiger partial charge in [-0.1, -0.05) is 49.7 Å². The highest BCUT2D eigenvalue weighted by Gasteiger charge is 2.24. The topological polar surface area (TPSA) is 63.1 Å². The van der Waals surface area contributed by atoms with Crippen LogP contribution in [0.15, 0.2) is 60.9 Å². The second-order valence-corrected chi connectivity index (χ2v) is 7.77. The molecule has 3 heterocycles. The third-order valence-corrected chi connectivity index (χ3v) is 5.79. The molecule has 2 aromatic heterocycles. The highest BCUT2D eigenvalue weighted by Crippen LogP contribution is 2.20. The molecule has 1 N–H and O–H groups in total. The lowest BCUT2D eigenvalue weighted by molar-refractivity contribution is 0.0906. The van der Waals surface area contributed by atoms with Gasteiger partial charge in [0.25, 0.3) is 5.91 Å². The van der Waals surface area contributed by atoms with Gasteiger partial charge in [-0.2, -0.15) is 5.10 Å². The summed E-state index contributed by atoms with van der Waals surface area (Å²) < 4.78 is 1.76. The second kappa shape index (κ2) is 9.67. The number of likely N-dealkylation sites (tertiary alicyclic amines) is 1. The zero-order valence-electron chi connectivity index (χ0n) is 17.5. The fourth-order valence-electron chi connectivity index (χ4n) is 4.20. The standard InChI is InChI=1S/C24H29N5O/c1-2-22-21(17-27-29(22)23-13-6-8-14-25-23)24(30)26-16-20-12-7-9-15-28(20)18-19-10-4-3-5-11-19/h3-6,8,10-11,13-14,17,20H,2,7,9,12,15-16,18H2,1H3,(H,26,30). The van der Waals surface area contributed by atoms with Crippen LogP contribution in [0.1, 0.15) is 47.8 Å². The first-order valence-electron chi connectivity index (χ1n) is 10.8. The predicted octanol–water partition coefficient (Wildman–Crippen LogP) is 3.61. The maximum Gasteiger partial charge on any atom is 0.254 e. The number of amides is 1. The largest absolute Gasteiger partial charge is 0.350 e. The molecule has 1 atom stereocenters. The monoisotopic (exact) mass is 403 g/mol. The Morgan fingerprint density at radius 2 is 1.97 bits per heavy atom. The van der Waals surface area contributed by atoms with Crippen molar-refractivity contribution in [2.24, 2.45) is 0 Å². The molecule has 1 amide bonds. The van der Waals surface area contributed by atoms with Crippen LogP contribution in [0.4, 0.5) is 0 Å². The molecule has 156 valence electrons. The number of benzene rings is 1. The molecular formula is C24H29N5O. The van der Waals surface area contributed by atoms with E-state index in [1.54, 1.807) is 17.1 Å². The van der Waals surface area contributed by atoms with Gasteiger partial charge >= 0.3 is 0 Å². The van der Waals surface area contributed by atoms with E-state index in [1.807, 2.05) is 31.2 Å². The molecule has 1 fully saturated rings. The molecule has 0 aliphatic carbocycles. The molecule has 1 saturated heterocycles.